The number of hydrogen-bond acceptors (Lipinski definition) is 5. The molecule has 2 aromatic rings. The highest BCUT2D eigenvalue weighted by Gasteiger charge is 2.29. The van der Waals surface area contributed by atoms with Crippen molar-refractivity contribution in [2.24, 2.45) is 0 Å². The first-order valence-corrected chi connectivity index (χ1v) is 10.1. The SMILES string of the molecule is Cc1cc(CC(=O)N2CCCN(S(=O)(=O)c3ccccc3C)CC2)on1. The van der Waals surface area contributed by atoms with Crippen LogP contribution in [0, 0.1) is 13.8 Å². The van der Waals surface area contributed by atoms with Gasteiger partial charge in [0.05, 0.1) is 17.0 Å². The van der Waals surface area contributed by atoms with Crippen LogP contribution in [0.4, 0.5) is 0 Å². The summed E-state index contributed by atoms with van der Waals surface area (Å²) < 4.78 is 32.4. The van der Waals surface area contributed by atoms with Gasteiger partial charge in [0.2, 0.25) is 15.9 Å². The number of benzene rings is 1. The molecule has 0 radical (unpaired) electrons. The standard InChI is InChI=1S/C18H23N3O4S/c1-14-6-3-4-7-17(14)26(23,24)21-9-5-8-20(10-11-21)18(22)13-16-12-15(2)19-25-16/h3-4,6-7,12H,5,8-11,13H2,1-2H3. The van der Waals surface area contributed by atoms with Crippen molar-refractivity contribution in [1.29, 1.82) is 0 Å². The fourth-order valence-electron chi connectivity index (χ4n) is 3.13. The van der Waals surface area contributed by atoms with Crippen LogP contribution in [0.5, 0.6) is 0 Å². The minimum absolute atomic E-state index is 0.0729. The second kappa shape index (κ2) is 7.59. The Bertz CT molecular complexity index is 891. The predicted molar refractivity (Wildman–Crippen MR) is 96.1 cm³/mol. The van der Waals surface area contributed by atoms with E-state index < -0.39 is 10.0 Å². The monoisotopic (exact) mass is 377 g/mol. The highest BCUT2D eigenvalue weighted by molar-refractivity contribution is 7.89. The van der Waals surface area contributed by atoms with Gasteiger partial charge in [-0.15, -0.1) is 0 Å². The Hall–Kier alpha value is -2.19. The van der Waals surface area contributed by atoms with E-state index in [-0.39, 0.29) is 18.9 Å². The Morgan fingerprint density at radius 1 is 1.15 bits per heavy atom. The van der Waals surface area contributed by atoms with Crippen molar-refractivity contribution < 1.29 is 17.7 Å². The number of aromatic nitrogens is 1. The van der Waals surface area contributed by atoms with E-state index in [9.17, 15) is 13.2 Å². The molecule has 1 aliphatic heterocycles. The van der Waals surface area contributed by atoms with Gasteiger partial charge in [-0.05, 0) is 31.9 Å². The van der Waals surface area contributed by atoms with Gasteiger partial charge in [-0.1, -0.05) is 23.4 Å². The molecule has 0 unspecified atom stereocenters. The van der Waals surface area contributed by atoms with E-state index in [0.717, 1.165) is 11.3 Å². The van der Waals surface area contributed by atoms with Crippen LogP contribution in [0.25, 0.3) is 0 Å². The molecule has 0 atom stereocenters. The Labute approximate surface area is 153 Å². The lowest BCUT2D eigenvalue weighted by Gasteiger charge is -2.22. The van der Waals surface area contributed by atoms with Gasteiger partial charge in [-0.3, -0.25) is 4.79 Å². The summed E-state index contributed by atoms with van der Waals surface area (Å²) in [7, 11) is -3.55. The van der Waals surface area contributed by atoms with Crippen molar-refractivity contribution in [3.05, 3.63) is 47.3 Å². The molecular weight excluding hydrogens is 354 g/mol. The molecule has 140 valence electrons. The van der Waals surface area contributed by atoms with Crippen molar-refractivity contribution >= 4 is 15.9 Å². The molecule has 26 heavy (non-hydrogen) atoms. The van der Waals surface area contributed by atoms with Gasteiger partial charge < -0.3 is 9.42 Å². The summed E-state index contributed by atoms with van der Waals surface area (Å²) in [5.41, 5.74) is 1.46. The van der Waals surface area contributed by atoms with Gasteiger partial charge >= 0.3 is 0 Å². The minimum Gasteiger partial charge on any atom is -0.361 e. The summed E-state index contributed by atoms with van der Waals surface area (Å²) in [6.45, 7) is 5.19. The molecule has 1 amide bonds. The lowest BCUT2D eigenvalue weighted by molar-refractivity contribution is -0.130. The third-order valence-electron chi connectivity index (χ3n) is 4.52. The van der Waals surface area contributed by atoms with Crippen LogP contribution >= 0.6 is 0 Å². The van der Waals surface area contributed by atoms with E-state index in [1.807, 2.05) is 6.07 Å². The van der Waals surface area contributed by atoms with E-state index in [4.69, 9.17) is 4.52 Å². The van der Waals surface area contributed by atoms with Crippen LogP contribution in [0.2, 0.25) is 0 Å². The van der Waals surface area contributed by atoms with Gasteiger partial charge in [-0.2, -0.15) is 4.31 Å². The Morgan fingerprint density at radius 2 is 1.92 bits per heavy atom. The van der Waals surface area contributed by atoms with E-state index in [0.29, 0.717) is 36.7 Å². The zero-order valence-corrected chi connectivity index (χ0v) is 15.8. The first-order chi connectivity index (χ1) is 12.4. The second-order valence-electron chi connectivity index (χ2n) is 6.52. The van der Waals surface area contributed by atoms with E-state index >= 15 is 0 Å². The topological polar surface area (TPSA) is 83.7 Å². The van der Waals surface area contributed by atoms with Crippen LogP contribution < -0.4 is 0 Å². The molecule has 8 heteroatoms. The second-order valence-corrected chi connectivity index (χ2v) is 8.42. The predicted octanol–water partition coefficient (Wildman–Crippen LogP) is 1.76. The third kappa shape index (κ3) is 3.96. The summed E-state index contributed by atoms with van der Waals surface area (Å²) in [6.07, 6.45) is 0.748. The highest BCUT2D eigenvalue weighted by Crippen LogP contribution is 2.21. The molecule has 1 fully saturated rings. The lowest BCUT2D eigenvalue weighted by Crippen LogP contribution is -2.38. The van der Waals surface area contributed by atoms with Gasteiger partial charge in [-0.25, -0.2) is 8.42 Å². The maximum atomic E-state index is 12.9. The lowest BCUT2D eigenvalue weighted by atomic mass is 10.2. The number of amides is 1. The summed E-state index contributed by atoms with van der Waals surface area (Å²) in [4.78, 5) is 14.5. The first-order valence-electron chi connectivity index (χ1n) is 8.63. The fourth-order valence-corrected chi connectivity index (χ4v) is 4.82. The smallest absolute Gasteiger partial charge is 0.243 e. The van der Waals surface area contributed by atoms with Crippen molar-refractivity contribution in [3.63, 3.8) is 0 Å². The minimum atomic E-state index is -3.55. The molecule has 0 aliphatic carbocycles. The molecule has 1 aromatic heterocycles. The normalized spacial score (nSPS) is 16.5. The molecule has 7 nitrogen and oxygen atoms in total. The largest absolute Gasteiger partial charge is 0.361 e. The molecule has 1 saturated heterocycles. The van der Waals surface area contributed by atoms with Crippen LogP contribution in [-0.4, -0.2) is 54.9 Å². The van der Waals surface area contributed by atoms with Gasteiger partial charge in [0.25, 0.3) is 0 Å². The first kappa shape index (κ1) is 18.6. The van der Waals surface area contributed by atoms with E-state index in [1.165, 1.54) is 4.31 Å². The maximum Gasteiger partial charge on any atom is 0.243 e. The molecule has 1 aromatic carbocycles. The van der Waals surface area contributed by atoms with Crippen molar-refractivity contribution in [1.82, 2.24) is 14.4 Å². The van der Waals surface area contributed by atoms with Gasteiger partial charge in [0, 0.05) is 32.2 Å². The van der Waals surface area contributed by atoms with Crippen molar-refractivity contribution in [2.75, 3.05) is 26.2 Å². The molecule has 3 rings (SSSR count). The quantitative estimate of drug-likeness (QED) is 0.811. The zero-order chi connectivity index (χ0) is 18.7. The fraction of sp³-hybridized carbons (Fsp3) is 0.444. The molecular formula is C18H23N3O4S. The van der Waals surface area contributed by atoms with Crippen LogP contribution in [0.3, 0.4) is 0 Å². The number of hydrogen-bond donors (Lipinski definition) is 0. The average Bonchev–Trinajstić information content (AvgIpc) is 2.85. The van der Waals surface area contributed by atoms with E-state index in [1.54, 1.807) is 43.0 Å². The summed E-state index contributed by atoms with van der Waals surface area (Å²) in [5.74, 6) is 0.456. The summed E-state index contributed by atoms with van der Waals surface area (Å²) in [6, 6.07) is 8.71. The maximum absolute atomic E-state index is 12.9. The van der Waals surface area contributed by atoms with E-state index in [2.05, 4.69) is 5.16 Å². The molecule has 0 saturated carbocycles. The molecule has 0 bridgehead atoms. The van der Waals surface area contributed by atoms with Crippen molar-refractivity contribution in [3.8, 4) is 0 Å². The number of aryl methyl sites for hydroxylation is 2. The Balaban J connectivity index is 1.68. The molecule has 0 spiro atoms. The van der Waals surface area contributed by atoms with Crippen molar-refractivity contribution in [2.45, 2.75) is 31.6 Å². The number of carbonyl (C=O) groups excluding carboxylic acids is 1. The highest BCUT2D eigenvalue weighted by atomic mass is 32.2. The van der Waals surface area contributed by atoms with Gasteiger partial charge in [0.15, 0.2) is 0 Å². The molecule has 2 heterocycles. The Morgan fingerprint density at radius 3 is 2.62 bits per heavy atom. The van der Waals surface area contributed by atoms with Crippen LogP contribution in [0.15, 0.2) is 39.8 Å². The number of sulfonamides is 1. The third-order valence-corrected chi connectivity index (χ3v) is 6.58. The Kier molecular flexibility index (Phi) is 5.43. The van der Waals surface area contributed by atoms with Crippen LogP contribution in [0.1, 0.15) is 23.4 Å². The van der Waals surface area contributed by atoms with Gasteiger partial charge in [0.1, 0.15) is 5.76 Å². The number of rotatable bonds is 4. The average molecular weight is 377 g/mol. The van der Waals surface area contributed by atoms with Crippen LogP contribution in [-0.2, 0) is 21.2 Å². The summed E-state index contributed by atoms with van der Waals surface area (Å²) >= 11 is 0. The summed E-state index contributed by atoms with van der Waals surface area (Å²) in [5, 5.41) is 3.79. The number of carbonyl (C=O) groups is 1. The molecule has 0 N–H and O–H groups in total. The zero-order valence-electron chi connectivity index (χ0n) is 15.0. The molecule has 1 aliphatic rings. The number of nitrogens with zero attached hydrogens (tertiary/aromatic N) is 3.